The second-order valence-corrected chi connectivity index (χ2v) is 6.30. The Labute approximate surface area is 135 Å². The second kappa shape index (κ2) is 8.14. The summed E-state index contributed by atoms with van der Waals surface area (Å²) in [4.78, 5) is 15.7. The van der Waals surface area contributed by atoms with Crippen molar-refractivity contribution in [1.29, 1.82) is 0 Å². The molecule has 0 aliphatic rings. The highest BCUT2D eigenvalue weighted by Crippen LogP contribution is 2.15. The maximum atomic E-state index is 13.2. The second-order valence-electron chi connectivity index (χ2n) is 4.40. The van der Waals surface area contributed by atoms with E-state index in [-0.39, 0.29) is 11.7 Å². The molecule has 110 valence electrons. The number of hydrogen-bond acceptors (Lipinski definition) is 3. The number of thioether (sulfide) groups is 1. The van der Waals surface area contributed by atoms with Crippen molar-refractivity contribution in [3.8, 4) is 0 Å². The van der Waals surface area contributed by atoms with E-state index >= 15 is 0 Å². The van der Waals surface area contributed by atoms with Gasteiger partial charge in [-0.15, -0.1) is 11.8 Å². The lowest BCUT2D eigenvalue weighted by Crippen LogP contribution is -2.24. The third kappa shape index (κ3) is 5.85. The highest BCUT2D eigenvalue weighted by Gasteiger charge is 2.04. The fourth-order valence-corrected chi connectivity index (χ4v) is 3.04. The Bertz CT molecular complexity index is 590. The molecule has 1 aromatic heterocycles. The molecule has 0 aliphatic carbocycles. The van der Waals surface area contributed by atoms with Crippen LogP contribution in [-0.2, 0) is 17.1 Å². The SMILES string of the molecule is O=C(CSCc1ccncc1)NCc1cc(F)cc(Br)c1. The standard InChI is InChI=1S/C15H14BrFN2OS/c16-13-5-12(6-14(17)7-13)8-19-15(20)10-21-9-11-1-3-18-4-2-11/h1-7H,8-10H2,(H,19,20). The van der Waals surface area contributed by atoms with Gasteiger partial charge in [-0.05, 0) is 41.5 Å². The van der Waals surface area contributed by atoms with E-state index in [1.54, 1.807) is 18.5 Å². The molecule has 1 heterocycles. The summed E-state index contributed by atoms with van der Waals surface area (Å²) >= 11 is 4.76. The van der Waals surface area contributed by atoms with Gasteiger partial charge >= 0.3 is 0 Å². The molecule has 21 heavy (non-hydrogen) atoms. The molecule has 1 N–H and O–H groups in total. The number of aromatic nitrogens is 1. The number of benzene rings is 1. The predicted molar refractivity (Wildman–Crippen MR) is 86.3 cm³/mol. The summed E-state index contributed by atoms with van der Waals surface area (Å²) in [5.74, 6) is 0.760. The Morgan fingerprint density at radius 3 is 2.71 bits per heavy atom. The lowest BCUT2D eigenvalue weighted by Gasteiger charge is -2.06. The Balaban J connectivity index is 1.72. The number of amides is 1. The molecule has 0 aliphatic heterocycles. The van der Waals surface area contributed by atoms with Crippen molar-refractivity contribution >= 4 is 33.6 Å². The number of hydrogen-bond donors (Lipinski definition) is 1. The molecule has 1 amide bonds. The van der Waals surface area contributed by atoms with Crippen molar-refractivity contribution in [1.82, 2.24) is 10.3 Å². The number of nitrogens with zero attached hydrogens (tertiary/aromatic N) is 1. The minimum absolute atomic E-state index is 0.0607. The third-order valence-electron chi connectivity index (χ3n) is 2.66. The average Bonchev–Trinajstić information content (AvgIpc) is 2.45. The Morgan fingerprint density at radius 2 is 2.00 bits per heavy atom. The lowest BCUT2D eigenvalue weighted by atomic mass is 10.2. The first-order valence-electron chi connectivity index (χ1n) is 6.32. The number of carbonyl (C=O) groups is 1. The summed E-state index contributed by atoms with van der Waals surface area (Å²) in [5.41, 5.74) is 1.87. The van der Waals surface area contributed by atoms with E-state index in [4.69, 9.17) is 0 Å². The summed E-state index contributed by atoms with van der Waals surface area (Å²) in [6.07, 6.45) is 3.47. The van der Waals surface area contributed by atoms with Crippen molar-refractivity contribution in [2.24, 2.45) is 0 Å². The zero-order valence-corrected chi connectivity index (χ0v) is 13.6. The van der Waals surface area contributed by atoms with Crippen LogP contribution in [0.25, 0.3) is 0 Å². The van der Waals surface area contributed by atoms with Crippen molar-refractivity contribution in [2.75, 3.05) is 5.75 Å². The minimum atomic E-state index is -0.319. The molecular formula is C15H14BrFN2OS. The van der Waals surface area contributed by atoms with E-state index in [2.05, 4.69) is 26.2 Å². The molecule has 0 bridgehead atoms. The monoisotopic (exact) mass is 368 g/mol. The Morgan fingerprint density at radius 1 is 1.24 bits per heavy atom. The Kier molecular flexibility index (Phi) is 6.20. The first-order chi connectivity index (χ1) is 10.1. The highest BCUT2D eigenvalue weighted by atomic mass is 79.9. The zero-order valence-electron chi connectivity index (χ0n) is 11.2. The zero-order chi connectivity index (χ0) is 15.1. The Hall–Kier alpha value is -1.40. The van der Waals surface area contributed by atoms with Gasteiger partial charge in [-0.2, -0.15) is 0 Å². The van der Waals surface area contributed by atoms with Crippen LogP contribution in [0.1, 0.15) is 11.1 Å². The molecule has 0 radical (unpaired) electrons. The van der Waals surface area contributed by atoms with Crippen molar-refractivity contribution < 1.29 is 9.18 Å². The van der Waals surface area contributed by atoms with E-state index in [0.29, 0.717) is 16.8 Å². The maximum Gasteiger partial charge on any atom is 0.230 e. The van der Waals surface area contributed by atoms with Gasteiger partial charge in [0, 0.05) is 29.2 Å². The van der Waals surface area contributed by atoms with Crippen molar-refractivity contribution in [2.45, 2.75) is 12.3 Å². The van der Waals surface area contributed by atoms with Crippen LogP contribution < -0.4 is 5.32 Å². The number of nitrogens with one attached hydrogen (secondary N) is 1. The molecule has 3 nitrogen and oxygen atoms in total. The number of rotatable bonds is 6. The highest BCUT2D eigenvalue weighted by molar-refractivity contribution is 9.10. The third-order valence-corrected chi connectivity index (χ3v) is 4.12. The smallest absolute Gasteiger partial charge is 0.230 e. The molecule has 2 rings (SSSR count). The normalized spacial score (nSPS) is 10.4. The van der Waals surface area contributed by atoms with Gasteiger partial charge in [0.1, 0.15) is 5.82 Å². The first-order valence-corrected chi connectivity index (χ1v) is 8.26. The topological polar surface area (TPSA) is 42.0 Å². The van der Waals surface area contributed by atoms with Crippen LogP contribution in [0, 0.1) is 5.82 Å². The fourth-order valence-electron chi connectivity index (χ4n) is 1.71. The van der Waals surface area contributed by atoms with Gasteiger partial charge in [-0.3, -0.25) is 9.78 Å². The number of pyridine rings is 1. The van der Waals surface area contributed by atoms with Crippen molar-refractivity contribution in [3.63, 3.8) is 0 Å². The summed E-state index contributed by atoms with van der Waals surface area (Å²) in [6.45, 7) is 0.324. The fraction of sp³-hybridized carbons (Fsp3) is 0.200. The maximum absolute atomic E-state index is 13.2. The predicted octanol–water partition coefficient (Wildman–Crippen LogP) is 3.53. The summed E-state index contributed by atoms with van der Waals surface area (Å²) in [5, 5.41) is 2.78. The van der Waals surface area contributed by atoms with Gasteiger partial charge in [0.2, 0.25) is 5.91 Å². The quantitative estimate of drug-likeness (QED) is 0.847. The lowest BCUT2D eigenvalue weighted by molar-refractivity contribution is -0.118. The van der Waals surface area contributed by atoms with E-state index in [9.17, 15) is 9.18 Å². The van der Waals surface area contributed by atoms with Crippen LogP contribution in [0.3, 0.4) is 0 Å². The largest absolute Gasteiger partial charge is 0.351 e. The van der Waals surface area contributed by atoms with Gasteiger partial charge in [-0.25, -0.2) is 4.39 Å². The van der Waals surface area contributed by atoms with Gasteiger partial charge in [0.15, 0.2) is 0 Å². The van der Waals surface area contributed by atoms with Crippen molar-refractivity contribution in [3.05, 3.63) is 64.1 Å². The molecular weight excluding hydrogens is 355 g/mol. The molecule has 2 aromatic rings. The minimum Gasteiger partial charge on any atom is -0.351 e. The summed E-state index contributed by atoms with van der Waals surface area (Å²) in [6, 6.07) is 8.43. The first kappa shape index (κ1) is 16.0. The average molecular weight is 369 g/mol. The van der Waals surface area contributed by atoms with E-state index in [1.807, 2.05) is 12.1 Å². The molecule has 0 fully saturated rings. The van der Waals surface area contributed by atoms with E-state index in [1.165, 1.54) is 23.9 Å². The van der Waals surface area contributed by atoms with Crippen LogP contribution >= 0.6 is 27.7 Å². The summed E-state index contributed by atoms with van der Waals surface area (Å²) < 4.78 is 13.9. The molecule has 6 heteroatoms. The van der Waals surface area contributed by atoms with Crippen LogP contribution in [0.5, 0.6) is 0 Å². The van der Waals surface area contributed by atoms with Crippen LogP contribution in [0.2, 0.25) is 0 Å². The summed E-state index contributed by atoms with van der Waals surface area (Å²) in [7, 11) is 0. The van der Waals surface area contributed by atoms with Gasteiger partial charge in [0.25, 0.3) is 0 Å². The number of halogens is 2. The molecule has 0 unspecified atom stereocenters. The molecule has 0 atom stereocenters. The van der Waals surface area contributed by atoms with E-state index in [0.717, 1.165) is 16.9 Å². The van der Waals surface area contributed by atoms with Crippen LogP contribution in [0.4, 0.5) is 4.39 Å². The number of carbonyl (C=O) groups excluding carboxylic acids is 1. The van der Waals surface area contributed by atoms with Gasteiger partial charge in [-0.1, -0.05) is 15.9 Å². The van der Waals surface area contributed by atoms with Gasteiger partial charge < -0.3 is 5.32 Å². The van der Waals surface area contributed by atoms with Crippen LogP contribution in [0.15, 0.2) is 47.2 Å². The molecule has 0 saturated heterocycles. The molecule has 0 spiro atoms. The molecule has 0 saturated carbocycles. The molecule has 1 aromatic carbocycles. The van der Waals surface area contributed by atoms with Gasteiger partial charge in [0.05, 0.1) is 5.75 Å². The van der Waals surface area contributed by atoms with E-state index < -0.39 is 0 Å². The van der Waals surface area contributed by atoms with Crippen LogP contribution in [-0.4, -0.2) is 16.6 Å².